The monoisotopic (exact) mass is 247 g/mol. The van der Waals surface area contributed by atoms with Crippen molar-refractivity contribution in [3.63, 3.8) is 0 Å². The summed E-state index contributed by atoms with van der Waals surface area (Å²) in [5.41, 5.74) is 3.81. The number of aromatic carboxylic acids is 1. The number of carboxylic acids is 1. The summed E-state index contributed by atoms with van der Waals surface area (Å²) in [6, 6.07) is 6.26. The lowest BCUT2D eigenvalue weighted by molar-refractivity contribution is 0.0691. The number of benzene rings is 1. The Kier molecular flexibility index (Phi) is 3.24. The summed E-state index contributed by atoms with van der Waals surface area (Å²) in [6.45, 7) is 4.15. The fourth-order valence-corrected chi connectivity index (χ4v) is 2.38. The average Bonchev–Trinajstić information content (AvgIpc) is 2.72. The van der Waals surface area contributed by atoms with Gasteiger partial charge in [-0.2, -0.15) is 0 Å². The van der Waals surface area contributed by atoms with E-state index in [-0.39, 0.29) is 5.69 Å². The van der Waals surface area contributed by atoms with Crippen molar-refractivity contribution in [2.24, 2.45) is 0 Å². The van der Waals surface area contributed by atoms with E-state index in [0.29, 0.717) is 6.42 Å². The van der Waals surface area contributed by atoms with Crippen LogP contribution in [0.5, 0.6) is 0 Å². The van der Waals surface area contributed by atoms with Gasteiger partial charge in [0, 0.05) is 11.8 Å². The molecule has 0 saturated carbocycles. The van der Waals surface area contributed by atoms with Crippen LogP contribution in [0.4, 0.5) is 0 Å². The number of rotatable bonds is 3. The van der Waals surface area contributed by atoms with Crippen molar-refractivity contribution in [3.05, 3.63) is 51.0 Å². The van der Waals surface area contributed by atoms with Crippen LogP contribution in [-0.4, -0.2) is 16.1 Å². The number of hydrogen-bond donors (Lipinski definition) is 1. The summed E-state index contributed by atoms with van der Waals surface area (Å²) in [5.74, 6) is -0.965. The second-order valence-corrected chi connectivity index (χ2v) is 4.97. The van der Waals surface area contributed by atoms with E-state index in [2.05, 4.69) is 37.0 Å². The van der Waals surface area contributed by atoms with Crippen LogP contribution in [0.2, 0.25) is 0 Å². The quantitative estimate of drug-likeness (QED) is 0.906. The molecule has 3 nitrogen and oxygen atoms in total. The van der Waals surface area contributed by atoms with Crippen molar-refractivity contribution in [1.82, 2.24) is 4.98 Å². The highest BCUT2D eigenvalue weighted by atomic mass is 32.1. The van der Waals surface area contributed by atoms with Crippen molar-refractivity contribution in [2.45, 2.75) is 20.3 Å². The van der Waals surface area contributed by atoms with E-state index in [4.69, 9.17) is 5.11 Å². The third-order valence-electron chi connectivity index (χ3n) is 2.70. The Labute approximate surface area is 104 Å². The zero-order valence-electron chi connectivity index (χ0n) is 9.73. The van der Waals surface area contributed by atoms with Gasteiger partial charge in [-0.3, -0.25) is 0 Å². The molecule has 0 aliphatic carbocycles. The van der Waals surface area contributed by atoms with E-state index in [9.17, 15) is 4.79 Å². The first-order chi connectivity index (χ1) is 8.06. The van der Waals surface area contributed by atoms with Gasteiger partial charge in [-0.15, -0.1) is 11.3 Å². The second kappa shape index (κ2) is 4.67. The van der Waals surface area contributed by atoms with Crippen LogP contribution >= 0.6 is 11.3 Å². The molecule has 0 bridgehead atoms. The van der Waals surface area contributed by atoms with Crippen LogP contribution < -0.4 is 0 Å². The summed E-state index contributed by atoms with van der Waals surface area (Å²) in [7, 11) is 0. The minimum absolute atomic E-state index is 0.133. The molecule has 0 spiro atoms. The standard InChI is InChI=1S/C13H13NO2S/c1-8-3-4-10(5-9(8)2)6-12-14-11(7-17-12)13(15)16/h3-5,7H,6H2,1-2H3,(H,15,16). The lowest BCUT2D eigenvalue weighted by atomic mass is 10.0. The van der Waals surface area contributed by atoms with Crippen LogP contribution in [0.1, 0.15) is 32.2 Å². The van der Waals surface area contributed by atoms with Crippen LogP contribution in [0.3, 0.4) is 0 Å². The van der Waals surface area contributed by atoms with Crippen LogP contribution in [-0.2, 0) is 6.42 Å². The summed E-state index contributed by atoms with van der Waals surface area (Å²) < 4.78 is 0. The normalized spacial score (nSPS) is 10.5. The van der Waals surface area contributed by atoms with Crippen molar-refractivity contribution < 1.29 is 9.90 Å². The maximum Gasteiger partial charge on any atom is 0.355 e. The Morgan fingerprint density at radius 1 is 1.35 bits per heavy atom. The van der Waals surface area contributed by atoms with Crippen molar-refractivity contribution in [2.75, 3.05) is 0 Å². The van der Waals surface area contributed by atoms with Crippen molar-refractivity contribution in [1.29, 1.82) is 0 Å². The van der Waals surface area contributed by atoms with E-state index in [1.807, 2.05) is 0 Å². The highest BCUT2D eigenvalue weighted by Gasteiger charge is 2.09. The summed E-state index contributed by atoms with van der Waals surface area (Å²) >= 11 is 1.39. The minimum atomic E-state index is -0.965. The van der Waals surface area contributed by atoms with Crippen molar-refractivity contribution >= 4 is 17.3 Å². The Bertz CT molecular complexity index is 560. The lowest BCUT2D eigenvalue weighted by Gasteiger charge is -2.03. The molecule has 0 saturated heterocycles. The highest BCUT2D eigenvalue weighted by molar-refractivity contribution is 7.09. The van der Waals surface area contributed by atoms with Crippen LogP contribution in [0.25, 0.3) is 0 Å². The highest BCUT2D eigenvalue weighted by Crippen LogP contribution is 2.17. The first-order valence-electron chi connectivity index (χ1n) is 5.30. The predicted octanol–water partition coefficient (Wildman–Crippen LogP) is 3.05. The molecular formula is C13H13NO2S. The smallest absolute Gasteiger partial charge is 0.355 e. The van der Waals surface area contributed by atoms with Gasteiger partial charge in [-0.1, -0.05) is 18.2 Å². The number of carbonyl (C=O) groups is 1. The third kappa shape index (κ3) is 2.71. The van der Waals surface area contributed by atoms with Gasteiger partial charge in [0.25, 0.3) is 0 Å². The molecule has 4 heteroatoms. The third-order valence-corrected chi connectivity index (χ3v) is 3.55. The van der Waals surface area contributed by atoms with E-state index < -0.39 is 5.97 Å². The van der Waals surface area contributed by atoms with Gasteiger partial charge in [-0.25, -0.2) is 9.78 Å². The first kappa shape index (κ1) is 11.8. The molecule has 0 radical (unpaired) electrons. The fraction of sp³-hybridized carbons (Fsp3) is 0.231. The molecule has 0 aliphatic rings. The molecule has 1 N–H and O–H groups in total. The first-order valence-corrected chi connectivity index (χ1v) is 6.18. The Hall–Kier alpha value is -1.68. The van der Waals surface area contributed by atoms with Crippen LogP contribution in [0.15, 0.2) is 23.6 Å². The number of carboxylic acid groups (broad SMARTS) is 1. The minimum Gasteiger partial charge on any atom is -0.476 e. The lowest BCUT2D eigenvalue weighted by Crippen LogP contribution is -1.97. The van der Waals surface area contributed by atoms with E-state index >= 15 is 0 Å². The van der Waals surface area contributed by atoms with Crippen LogP contribution in [0, 0.1) is 13.8 Å². The molecule has 0 atom stereocenters. The van der Waals surface area contributed by atoms with Gasteiger partial charge in [0.05, 0.1) is 5.01 Å². The Morgan fingerprint density at radius 2 is 2.12 bits per heavy atom. The Balaban J connectivity index is 2.19. The predicted molar refractivity (Wildman–Crippen MR) is 67.8 cm³/mol. The molecule has 1 heterocycles. The van der Waals surface area contributed by atoms with Crippen molar-refractivity contribution in [3.8, 4) is 0 Å². The van der Waals surface area contributed by atoms with Gasteiger partial charge >= 0.3 is 5.97 Å². The molecule has 2 rings (SSSR count). The number of aryl methyl sites for hydroxylation is 2. The largest absolute Gasteiger partial charge is 0.476 e. The van der Waals surface area contributed by atoms with Gasteiger partial charge < -0.3 is 5.11 Å². The second-order valence-electron chi connectivity index (χ2n) is 4.03. The van der Waals surface area contributed by atoms with E-state index in [1.54, 1.807) is 5.38 Å². The summed E-state index contributed by atoms with van der Waals surface area (Å²) in [6.07, 6.45) is 0.694. The fourth-order valence-electron chi connectivity index (χ4n) is 1.58. The van der Waals surface area contributed by atoms with Gasteiger partial charge in [0.2, 0.25) is 0 Å². The number of nitrogens with zero attached hydrogens (tertiary/aromatic N) is 1. The maximum absolute atomic E-state index is 10.7. The number of thiazole rings is 1. The molecule has 0 amide bonds. The molecule has 1 aromatic carbocycles. The molecular weight excluding hydrogens is 234 g/mol. The van der Waals surface area contributed by atoms with Gasteiger partial charge in [0.1, 0.15) is 0 Å². The van der Waals surface area contributed by atoms with E-state index in [1.165, 1.54) is 28.0 Å². The molecule has 0 unspecified atom stereocenters. The zero-order valence-corrected chi connectivity index (χ0v) is 10.5. The van der Waals surface area contributed by atoms with E-state index in [0.717, 1.165) is 5.01 Å². The Morgan fingerprint density at radius 3 is 2.71 bits per heavy atom. The molecule has 0 aliphatic heterocycles. The molecule has 2 aromatic rings. The SMILES string of the molecule is Cc1ccc(Cc2nc(C(=O)O)cs2)cc1C. The zero-order chi connectivity index (χ0) is 12.4. The average molecular weight is 247 g/mol. The molecule has 88 valence electrons. The maximum atomic E-state index is 10.7. The number of aromatic nitrogens is 1. The molecule has 1 aromatic heterocycles. The summed E-state index contributed by atoms with van der Waals surface area (Å²) in [5, 5.41) is 11.2. The van der Waals surface area contributed by atoms with Gasteiger partial charge in [0.15, 0.2) is 5.69 Å². The molecule has 17 heavy (non-hydrogen) atoms. The van der Waals surface area contributed by atoms with Gasteiger partial charge in [-0.05, 0) is 30.5 Å². The topological polar surface area (TPSA) is 50.2 Å². The number of hydrogen-bond acceptors (Lipinski definition) is 3. The summed E-state index contributed by atoms with van der Waals surface area (Å²) in [4.78, 5) is 14.8. The molecule has 0 fully saturated rings.